The summed E-state index contributed by atoms with van der Waals surface area (Å²) < 4.78 is 0. The number of aromatic amines is 1. The van der Waals surface area contributed by atoms with Crippen LogP contribution in [0.25, 0.3) is 22.5 Å². The molecule has 20 heavy (non-hydrogen) atoms. The van der Waals surface area contributed by atoms with Crippen LogP contribution in [0, 0.1) is 0 Å². The highest BCUT2D eigenvalue weighted by atomic mass is 15.1. The van der Waals surface area contributed by atoms with Crippen LogP contribution in [-0.4, -0.2) is 15.2 Å². The van der Waals surface area contributed by atoms with Crippen molar-refractivity contribution in [2.24, 2.45) is 0 Å². The Hall–Kier alpha value is -2.42. The number of hydrogen-bond acceptors (Lipinski definition) is 2. The number of rotatable bonds is 3. The molecule has 3 rings (SSSR count). The molecule has 0 saturated carbocycles. The van der Waals surface area contributed by atoms with Gasteiger partial charge in [-0.25, -0.2) is 0 Å². The third-order valence-corrected chi connectivity index (χ3v) is 3.42. The minimum Gasteiger partial charge on any atom is -0.277 e. The van der Waals surface area contributed by atoms with Gasteiger partial charge < -0.3 is 0 Å². The molecule has 3 heteroatoms. The van der Waals surface area contributed by atoms with Gasteiger partial charge in [-0.3, -0.25) is 10.1 Å². The molecule has 2 heterocycles. The molecule has 0 saturated heterocycles. The minimum absolute atomic E-state index is 0.553. The molecule has 0 atom stereocenters. The number of benzene rings is 1. The van der Waals surface area contributed by atoms with E-state index in [1.807, 2.05) is 18.3 Å². The Labute approximate surface area is 118 Å². The Balaban J connectivity index is 1.90. The summed E-state index contributed by atoms with van der Waals surface area (Å²) in [6.45, 7) is 4.40. The van der Waals surface area contributed by atoms with E-state index in [4.69, 9.17) is 0 Å². The van der Waals surface area contributed by atoms with Crippen molar-refractivity contribution in [3.8, 4) is 22.5 Å². The van der Waals surface area contributed by atoms with Gasteiger partial charge in [0.05, 0.1) is 11.4 Å². The molecule has 0 bridgehead atoms. The summed E-state index contributed by atoms with van der Waals surface area (Å²) in [4.78, 5) is 4.12. The Morgan fingerprint density at radius 3 is 2.45 bits per heavy atom. The van der Waals surface area contributed by atoms with Crippen LogP contribution in [0.3, 0.4) is 0 Å². The van der Waals surface area contributed by atoms with Gasteiger partial charge in [0, 0.05) is 18.0 Å². The molecule has 0 unspecified atom stereocenters. The highest BCUT2D eigenvalue weighted by Gasteiger charge is 2.06. The molecule has 3 nitrogen and oxygen atoms in total. The van der Waals surface area contributed by atoms with Crippen molar-refractivity contribution in [2.45, 2.75) is 19.8 Å². The first-order valence-corrected chi connectivity index (χ1v) is 6.80. The maximum Gasteiger partial charge on any atom is 0.0942 e. The predicted molar refractivity (Wildman–Crippen MR) is 81.3 cm³/mol. The monoisotopic (exact) mass is 263 g/mol. The summed E-state index contributed by atoms with van der Waals surface area (Å²) >= 11 is 0. The van der Waals surface area contributed by atoms with Crippen LogP contribution in [0.4, 0.5) is 0 Å². The van der Waals surface area contributed by atoms with E-state index >= 15 is 0 Å². The summed E-state index contributed by atoms with van der Waals surface area (Å²) in [6.07, 6.45) is 3.59. The Kier molecular flexibility index (Phi) is 3.33. The maximum absolute atomic E-state index is 4.36. The van der Waals surface area contributed by atoms with Crippen molar-refractivity contribution in [1.29, 1.82) is 0 Å². The molecule has 0 radical (unpaired) electrons. The van der Waals surface area contributed by atoms with Crippen molar-refractivity contribution >= 4 is 0 Å². The Morgan fingerprint density at radius 2 is 1.80 bits per heavy atom. The van der Waals surface area contributed by atoms with Gasteiger partial charge in [-0.1, -0.05) is 38.1 Å². The van der Waals surface area contributed by atoms with Crippen LogP contribution in [0.5, 0.6) is 0 Å². The average Bonchev–Trinajstić information content (AvgIpc) is 2.98. The number of hydrogen-bond donors (Lipinski definition) is 1. The molecule has 1 aromatic carbocycles. The van der Waals surface area contributed by atoms with E-state index < -0.39 is 0 Å². The SMILES string of the molecule is CC(C)c1ccc(-c2cc(-c3cccnc3)n[nH]2)cc1. The van der Waals surface area contributed by atoms with E-state index in [2.05, 4.69) is 59.4 Å². The van der Waals surface area contributed by atoms with Crippen LogP contribution in [0.1, 0.15) is 25.3 Å². The van der Waals surface area contributed by atoms with E-state index in [0.29, 0.717) is 5.92 Å². The molecule has 3 aromatic rings. The molecular formula is C17H17N3. The maximum atomic E-state index is 4.36. The first-order chi connectivity index (χ1) is 9.74. The van der Waals surface area contributed by atoms with Gasteiger partial charge in [-0.2, -0.15) is 5.10 Å². The summed E-state index contributed by atoms with van der Waals surface area (Å²) in [5.41, 5.74) is 5.46. The van der Waals surface area contributed by atoms with Crippen molar-refractivity contribution in [2.75, 3.05) is 0 Å². The second-order valence-corrected chi connectivity index (χ2v) is 5.19. The quantitative estimate of drug-likeness (QED) is 0.767. The van der Waals surface area contributed by atoms with Crippen LogP contribution in [-0.2, 0) is 0 Å². The first-order valence-electron chi connectivity index (χ1n) is 6.80. The molecule has 0 aliphatic carbocycles. The van der Waals surface area contributed by atoms with Gasteiger partial charge in [0.25, 0.3) is 0 Å². The van der Waals surface area contributed by atoms with Crippen LogP contribution in [0.15, 0.2) is 54.9 Å². The number of nitrogens with zero attached hydrogens (tertiary/aromatic N) is 2. The van der Waals surface area contributed by atoms with Gasteiger partial charge in [-0.15, -0.1) is 0 Å². The van der Waals surface area contributed by atoms with Crippen LogP contribution in [0.2, 0.25) is 0 Å². The number of H-pyrrole nitrogens is 1. The molecule has 1 N–H and O–H groups in total. The lowest BCUT2D eigenvalue weighted by Crippen LogP contribution is -1.86. The summed E-state index contributed by atoms with van der Waals surface area (Å²) in [5, 5.41) is 7.45. The fourth-order valence-electron chi connectivity index (χ4n) is 2.18. The largest absolute Gasteiger partial charge is 0.277 e. The van der Waals surface area contributed by atoms with E-state index in [9.17, 15) is 0 Å². The molecule has 0 fully saturated rings. The molecule has 0 aliphatic rings. The molecule has 100 valence electrons. The van der Waals surface area contributed by atoms with Crippen molar-refractivity contribution in [1.82, 2.24) is 15.2 Å². The topological polar surface area (TPSA) is 41.6 Å². The van der Waals surface area contributed by atoms with E-state index in [-0.39, 0.29) is 0 Å². The van der Waals surface area contributed by atoms with E-state index in [1.54, 1.807) is 6.20 Å². The lowest BCUT2D eigenvalue weighted by molar-refractivity contribution is 0.867. The molecule has 0 aliphatic heterocycles. The Bertz CT molecular complexity index is 682. The number of pyridine rings is 1. The van der Waals surface area contributed by atoms with Gasteiger partial charge in [0.1, 0.15) is 0 Å². The minimum atomic E-state index is 0.553. The van der Waals surface area contributed by atoms with E-state index in [0.717, 1.165) is 22.5 Å². The summed E-state index contributed by atoms with van der Waals surface area (Å²) in [5.74, 6) is 0.553. The fourth-order valence-corrected chi connectivity index (χ4v) is 2.18. The molecule has 0 amide bonds. The van der Waals surface area contributed by atoms with E-state index in [1.165, 1.54) is 5.56 Å². The standard InChI is InChI=1S/C17H17N3/c1-12(2)13-5-7-14(8-6-13)16-10-17(20-19-16)15-4-3-9-18-11-15/h3-12H,1-2H3,(H,19,20). The van der Waals surface area contributed by atoms with Crippen molar-refractivity contribution in [3.05, 3.63) is 60.4 Å². The number of nitrogens with one attached hydrogen (secondary N) is 1. The van der Waals surface area contributed by atoms with Crippen molar-refractivity contribution < 1.29 is 0 Å². The van der Waals surface area contributed by atoms with Gasteiger partial charge in [-0.05, 0) is 35.2 Å². The fraction of sp³-hybridized carbons (Fsp3) is 0.176. The lowest BCUT2D eigenvalue weighted by atomic mass is 10.0. The molecule has 2 aromatic heterocycles. The zero-order valence-electron chi connectivity index (χ0n) is 11.7. The Morgan fingerprint density at radius 1 is 1.00 bits per heavy atom. The molecule has 0 spiro atoms. The third-order valence-electron chi connectivity index (χ3n) is 3.42. The second kappa shape index (κ2) is 5.29. The van der Waals surface area contributed by atoms with Crippen LogP contribution >= 0.6 is 0 Å². The zero-order valence-corrected chi connectivity index (χ0v) is 11.7. The summed E-state index contributed by atoms with van der Waals surface area (Å²) in [6, 6.07) is 14.6. The second-order valence-electron chi connectivity index (χ2n) is 5.19. The first kappa shape index (κ1) is 12.6. The van der Waals surface area contributed by atoms with Gasteiger partial charge in [0.15, 0.2) is 0 Å². The average molecular weight is 263 g/mol. The highest BCUT2D eigenvalue weighted by molar-refractivity contribution is 5.67. The predicted octanol–water partition coefficient (Wildman–Crippen LogP) is 4.26. The summed E-state index contributed by atoms with van der Waals surface area (Å²) in [7, 11) is 0. The van der Waals surface area contributed by atoms with Crippen molar-refractivity contribution in [3.63, 3.8) is 0 Å². The van der Waals surface area contributed by atoms with Crippen LogP contribution < -0.4 is 0 Å². The smallest absolute Gasteiger partial charge is 0.0942 e. The van der Waals surface area contributed by atoms with Gasteiger partial charge in [0.2, 0.25) is 0 Å². The normalized spacial score (nSPS) is 10.9. The third kappa shape index (κ3) is 2.48. The molecular weight excluding hydrogens is 246 g/mol. The number of aromatic nitrogens is 3. The highest BCUT2D eigenvalue weighted by Crippen LogP contribution is 2.24. The lowest BCUT2D eigenvalue weighted by Gasteiger charge is -2.05. The zero-order chi connectivity index (χ0) is 13.9. The van der Waals surface area contributed by atoms with Gasteiger partial charge >= 0.3 is 0 Å².